The van der Waals surface area contributed by atoms with Gasteiger partial charge in [0, 0.05) is 24.5 Å². The summed E-state index contributed by atoms with van der Waals surface area (Å²) in [5.41, 5.74) is 2.26. The lowest BCUT2D eigenvalue weighted by Crippen LogP contribution is -2.54. The first-order chi connectivity index (χ1) is 16.8. The minimum atomic E-state index is -1.07. The lowest BCUT2D eigenvalue weighted by atomic mass is 9.80. The number of rotatable bonds is 8. The number of methoxy groups -OCH3 is 1. The maximum atomic E-state index is 13.2. The van der Waals surface area contributed by atoms with Gasteiger partial charge in [-0.2, -0.15) is 0 Å². The van der Waals surface area contributed by atoms with Gasteiger partial charge in [0.05, 0.1) is 17.7 Å². The van der Waals surface area contributed by atoms with E-state index in [9.17, 15) is 9.59 Å². The van der Waals surface area contributed by atoms with Gasteiger partial charge in [-0.25, -0.2) is 14.6 Å². The molecule has 1 fully saturated rings. The van der Waals surface area contributed by atoms with Crippen LogP contribution in [0.15, 0.2) is 48.3 Å². The fourth-order valence-corrected chi connectivity index (χ4v) is 5.29. The van der Waals surface area contributed by atoms with Gasteiger partial charge in [0.25, 0.3) is 0 Å². The highest BCUT2D eigenvalue weighted by Crippen LogP contribution is 2.38. The second-order valence-electron chi connectivity index (χ2n) is 9.55. The Labute approximate surface area is 211 Å². The molecule has 0 bridgehead atoms. The molecule has 0 spiro atoms. The number of aromatic carboxylic acids is 1. The molecule has 1 atom stereocenters. The molecule has 35 heavy (non-hydrogen) atoms. The van der Waals surface area contributed by atoms with Crippen molar-refractivity contribution >= 4 is 29.4 Å². The molecule has 1 aliphatic heterocycles. The predicted octanol–water partition coefficient (Wildman–Crippen LogP) is 5.92. The average molecular weight is 498 g/mol. The number of carbonyl (C=O) groups is 2. The SMILES string of the molecule is COCCC1=CN(c2ccc(C(=O)O)cn2)C(=O)N[C@@]1(C)c1ccc(CC2CCCCC2)c(Cl)c1. The summed E-state index contributed by atoms with van der Waals surface area (Å²) < 4.78 is 5.33. The summed E-state index contributed by atoms with van der Waals surface area (Å²) in [5.74, 6) is -0.0482. The first-order valence-electron chi connectivity index (χ1n) is 12.1. The zero-order chi connectivity index (χ0) is 25.0. The Balaban J connectivity index is 1.64. The van der Waals surface area contributed by atoms with Crippen LogP contribution in [0.3, 0.4) is 0 Å². The van der Waals surface area contributed by atoms with Crippen LogP contribution in [-0.4, -0.2) is 35.8 Å². The molecule has 4 rings (SSSR count). The summed E-state index contributed by atoms with van der Waals surface area (Å²) in [7, 11) is 1.64. The number of hydrogen-bond acceptors (Lipinski definition) is 4. The van der Waals surface area contributed by atoms with Crippen LogP contribution in [0.1, 0.15) is 66.9 Å². The van der Waals surface area contributed by atoms with Gasteiger partial charge in [-0.3, -0.25) is 4.90 Å². The molecule has 0 radical (unpaired) electrons. The van der Waals surface area contributed by atoms with E-state index in [1.54, 1.807) is 13.3 Å². The van der Waals surface area contributed by atoms with Gasteiger partial charge in [0.15, 0.2) is 0 Å². The maximum absolute atomic E-state index is 13.2. The van der Waals surface area contributed by atoms with Gasteiger partial charge in [0.1, 0.15) is 5.82 Å². The van der Waals surface area contributed by atoms with Gasteiger partial charge in [0.2, 0.25) is 0 Å². The van der Waals surface area contributed by atoms with Crippen LogP contribution < -0.4 is 10.2 Å². The Morgan fingerprint density at radius 2 is 2.03 bits per heavy atom. The minimum Gasteiger partial charge on any atom is -0.478 e. The summed E-state index contributed by atoms with van der Waals surface area (Å²) in [6.07, 6.45) is 11.0. The Kier molecular flexibility index (Phi) is 7.77. The Bertz CT molecular complexity index is 1110. The zero-order valence-corrected chi connectivity index (χ0v) is 21.0. The fourth-order valence-electron chi connectivity index (χ4n) is 5.03. The van der Waals surface area contributed by atoms with E-state index in [4.69, 9.17) is 21.4 Å². The Morgan fingerprint density at radius 1 is 1.26 bits per heavy atom. The van der Waals surface area contributed by atoms with E-state index in [2.05, 4.69) is 22.4 Å². The number of aromatic nitrogens is 1. The molecule has 1 aromatic carbocycles. The highest BCUT2D eigenvalue weighted by molar-refractivity contribution is 6.31. The van der Waals surface area contributed by atoms with Gasteiger partial charge in [-0.15, -0.1) is 0 Å². The third-order valence-corrected chi connectivity index (χ3v) is 7.54. The molecule has 186 valence electrons. The third kappa shape index (κ3) is 5.52. The molecular weight excluding hydrogens is 466 g/mol. The minimum absolute atomic E-state index is 0.0579. The van der Waals surface area contributed by atoms with Crippen LogP contribution in [0, 0.1) is 5.92 Å². The monoisotopic (exact) mass is 497 g/mol. The molecular formula is C27H32ClN3O4. The number of anilines is 1. The quantitative estimate of drug-likeness (QED) is 0.472. The largest absolute Gasteiger partial charge is 0.478 e. The number of hydrogen-bond donors (Lipinski definition) is 2. The summed E-state index contributed by atoms with van der Waals surface area (Å²) in [4.78, 5) is 29.9. The van der Waals surface area contributed by atoms with Crippen LogP contribution in [-0.2, 0) is 16.7 Å². The van der Waals surface area contributed by atoms with Crippen LogP contribution in [0.4, 0.5) is 10.6 Å². The van der Waals surface area contributed by atoms with E-state index >= 15 is 0 Å². The topological polar surface area (TPSA) is 91.8 Å². The van der Waals surface area contributed by atoms with Crippen LogP contribution in [0.2, 0.25) is 5.02 Å². The van der Waals surface area contributed by atoms with Gasteiger partial charge in [-0.1, -0.05) is 55.8 Å². The third-order valence-electron chi connectivity index (χ3n) is 7.18. The van der Waals surface area contributed by atoms with Crippen molar-refractivity contribution in [1.82, 2.24) is 10.3 Å². The van der Waals surface area contributed by atoms with Crippen LogP contribution >= 0.6 is 11.6 Å². The molecule has 2 heterocycles. The fraction of sp³-hybridized carbons (Fsp3) is 0.444. The number of ether oxygens (including phenoxy) is 1. The summed E-state index contributed by atoms with van der Waals surface area (Å²) in [6.45, 7) is 2.45. The zero-order valence-electron chi connectivity index (χ0n) is 20.2. The highest BCUT2D eigenvalue weighted by Gasteiger charge is 2.39. The summed E-state index contributed by atoms with van der Waals surface area (Å²) in [5, 5.41) is 13.0. The maximum Gasteiger partial charge on any atom is 0.337 e. The number of urea groups is 1. The summed E-state index contributed by atoms with van der Waals surface area (Å²) >= 11 is 6.76. The van der Waals surface area contributed by atoms with E-state index in [1.165, 1.54) is 55.3 Å². The summed E-state index contributed by atoms with van der Waals surface area (Å²) in [6, 6.07) is 8.71. The molecule has 8 heteroatoms. The van der Waals surface area contributed by atoms with Gasteiger partial charge in [-0.05, 0) is 60.6 Å². The van der Waals surface area contributed by atoms with Crippen LogP contribution in [0.25, 0.3) is 0 Å². The number of amides is 2. The van der Waals surface area contributed by atoms with E-state index < -0.39 is 11.5 Å². The lowest BCUT2D eigenvalue weighted by molar-refractivity contribution is 0.0696. The second kappa shape index (κ2) is 10.8. The normalized spacial score (nSPS) is 20.9. The smallest absolute Gasteiger partial charge is 0.337 e. The van der Waals surface area contributed by atoms with Crippen molar-refractivity contribution in [3.8, 4) is 0 Å². The number of benzene rings is 1. The van der Waals surface area contributed by atoms with Gasteiger partial charge >= 0.3 is 12.0 Å². The van der Waals surface area contributed by atoms with E-state index in [0.29, 0.717) is 24.8 Å². The number of nitrogens with one attached hydrogen (secondary N) is 1. The first-order valence-corrected chi connectivity index (χ1v) is 12.5. The molecule has 7 nitrogen and oxygen atoms in total. The van der Waals surface area contributed by atoms with Crippen molar-refractivity contribution in [2.45, 2.75) is 57.4 Å². The first kappa shape index (κ1) is 25.2. The second-order valence-corrected chi connectivity index (χ2v) is 9.95. The predicted molar refractivity (Wildman–Crippen MR) is 136 cm³/mol. The van der Waals surface area contributed by atoms with Crippen LogP contribution in [0.5, 0.6) is 0 Å². The molecule has 0 saturated heterocycles. The molecule has 2 N–H and O–H groups in total. The van der Waals surface area contributed by atoms with Crippen molar-refractivity contribution in [1.29, 1.82) is 0 Å². The van der Waals surface area contributed by atoms with E-state index in [0.717, 1.165) is 28.1 Å². The standard InChI is InChI=1S/C27H32ClN3O4/c1-27(21-10-8-19(23(28)15-21)14-18-6-4-3-5-7-18)22(12-13-35-2)17-31(26(34)30-27)24-11-9-20(16-29-24)25(32)33/h8-11,15-18H,3-7,12-14H2,1-2H3,(H,30,34)(H,32,33)/t27-/m0/s1. The Morgan fingerprint density at radius 3 is 2.66 bits per heavy atom. The van der Waals surface area contributed by atoms with Crippen molar-refractivity contribution in [3.63, 3.8) is 0 Å². The molecule has 0 unspecified atom stereocenters. The Hall–Kier alpha value is -2.90. The van der Waals surface area contributed by atoms with Crippen molar-refractivity contribution in [2.24, 2.45) is 5.92 Å². The average Bonchev–Trinajstić information content (AvgIpc) is 2.85. The van der Waals surface area contributed by atoms with E-state index in [1.807, 2.05) is 13.0 Å². The van der Waals surface area contributed by atoms with Gasteiger partial charge < -0.3 is 15.2 Å². The van der Waals surface area contributed by atoms with Crippen molar-refractivity contribution in [2.75, 3.05) is 18.6 Å². The van der Waals surface area contributed by atoms with E-state index in [-0.39, 0.29) is 11.6 Å². The number of halogens is 1. The number of pyridine rings is 1. The number of nitrogens with zero attached hydrogens (tertiary/aromatic N) is 2. The number of carboxylic acids is 1. The number of carbonyl (C=O) groups excluding carboxylic acids is 1. The molecule has 1 aromatic heterocycles. The molecule has 2 amide bonds. The van der Waals surface area contributed by atoms with Crippen molar-refractivity contribution < 1.29 is 19.4 Å². The number of carboxylic acid groups (broad SMARTS) is 1. The molecule has 1 saturated carbocycles. The highest BCUT2D eigenvalue weighted by atomic mass is 35.5. The molecule has 1 aliphatic carbocycles. The molecule has 2 aliphatic rings. The lowest BCUT2D eigenvalue weighted by Gasteiger charge is -2.40. The molecule has 2 aromatic rings. The van der Waals surface area contributed by atoms with Crippen molar-refractivity contribution in [3.05, 3.63) is 70.0 Å².